The predicted molar refractivity (Wildman–Crippen MR) is 139 cm³/mol. The molecule has 2 aliphatic heterocycles. The van der Waals surface area contributed by atoms with Crippen molar-refractivity contribution in [2.75, 3.05) is 19.8 Å². The number of aliphatic hydroxyl groups is 4. The number of hydrogen-bond acceptors (Lipinski definition) is 9. The molecule has 0 radical (unpaired) electrons. The molecule has 2 aromatic carbocycles. The second-order valence-electron chi connectivity index (χ2n) is 10.4. The second kappa shape index (κ2) is 12.3. The van der Waals surface area contributed by atoms with Gasteiger partial charge < -0.3 is 29.9 Å². The fourth-order valence-corrected chi connectivity index (χ4v) is 6.98. The molecule has 16 heteroatoms. The van der Waals surface area contributed by atoms with Crippen LogP contribution in [-0.4, -0.2) is 84.6 Å². The van der Waals surface area contributed by atoms with Gasteiger partial charge in [0.2, 0.25) is 0 Å². The Balaban J connectivity index is 1.51. The summed E-state index contributed by atoms with van der Waals surface area (Å²) in [5.41, 5.74) is -4.74. The van der Waals surface area contributed by atoms with Gasteiger partial charge in [-0.2, -0.15) is 13.2 Å². The Kier molecular flexibility index (Phi) is 9.09. The summed E-state index contributed by atoms with van der Waals surface area (Å²) in [4.78, 5) is 0. The largest absolute Gasteiger partial charge is 0.416 e. The first kappa shape index (κ1) is 31.7. The molecular formula is C27H27F6N3O6S. The molecule has 0 saturated carbocycles. The molecular weight excluding hydrogens is 608 g/mol. The number of halogens is 6. The summed E-state index contributed by atoms with van der Waals surface area (Å²) in [5, 5.41) is 50.3. The molecule has 4 N–H and O–H groups in total. The van der Waals surface area contributed by atoms with Crippen LogP contribution in [0.3, 0.4) is 0 Å². The van der Waals surface area contributed by atoms with Gasteiger partial charge in [-0.05, 0) is 23.8 Å². The van der Waals surface area contributed by atoms with E-state index in [1.54, 1.807) is 0 Å². The summed E-state index contributed by atoms with van der Waals surface area (Å²) in [7, 11) is 0. The van der Waals surface area contributed by atoms with Crippen molar-refractivity contribution in [3.8, 4) is 11.3 Å². The minimum absolute atomic E-state index is 0.0214. The molecule has 5 rings (SSSR count). The van der Waals surface area contributed by atoms with Crippen LogP contribution in [0.25, 0.3) is 11.3 Å². The predicted octanol–water partition coefficient (Wildman–Crippen LogP) is 3.38. The maximum atomic E-state index is 14.1. The van der Waals surface area contributed by atoms with Crippen molar-refractivity contribution in [2.45, 2.75) is 59.7 Å². The number of nitrogens with zero attached hydrogens (tertiary/aromatic N) is 3. The highest BCUT2D eigenvalue weighted by Crippen LogP contribution is 2.51. The first-order chi connectivity index (χ1) is 20.3. The lowest BCUT2D eigenvalue weighted by molar-refractivity contribution is -0.179. The van der Waals surface area contributed by atoms with Crippen molar-refractivity contribution < 1.29 is 56.2 Å². The van der Waals surface area contributed by atoms with Gasteiger partial charge in [-0.3, -0.25) is 0 Å². The minimum Gasteiger partial charge on any atom is -0.394 e. The van der Waals surface area contributed by atoms with Crippen LogP contribution < -0.4 is 0 Å². The van der Waals surface area contributed by atoms with Gasteiger partial charge in [0.15, 0.2) is 17.5 Å². The number of aromatic nitrogens is 3. The smallest absolute Gasteiger partial charge is 0.394 e. The highest BCUT2D eigenvalue weighted by atomic mass is 32.2. The Hall–Kier alpha value is -2.73. The standard InChI is InChI=1S/C27H27F6N3O6S/c28-16-9-13(10-17(29)20(16)30)18-11-36(35-34-18)21-22(38)19(12-37)42-25(23(21)39)43-24(26(40)5-7-41-8-6-26)14-3-1-2-4-15(14)27(31,32)33/h1-4,9-11,19,21-25,37-40H,5-8,12H2/t19-,21+,22+,23-,24+,25+/m1/s1. The molecule has 43 heavy (non-hydrogen) atoms. The Morgan fingerprint density at radius 3 is 2.33 bits per heavy atom. The van der Waals surface area contributed by atoms with Crippen LogP contribution in [0.5, 0.6) is 0 Å². The lowest BCUT2D eigenvalue weighted by Gasteiger charge is -2.46. The van der Waals surface area contributed by atoms with Gasteiger partial charge in [-0.25, -0.2) is 17.9 Å². The van der Waals surface area contributed by atoms with Crippen molar-refractivity contribution in [3.63, 3.8) is 0 Å². The monoisotopic (exact) mass is 635 g/mol. The molecule has 2 fully saturated rings. The third-order valence-electron chi connectivity index (χ3n) is 7.61. The highest BCUT2D eigenvalue weighted by Gasteiger charge is 2.51. The van der Waals surface area contributed by atoms with Gasteiger partial charge in [-0.15, -0.1) is 16.9 Å². The average Bonchev–Trinajstić information content (AvgIpc) is 3.45. The average molecular weight is 636 g/mol. The molecule has 2 aliphatic rings. The van der Waals surface area contributed by atoms with Crippen LogP contribution in [0.4, 0.5) is 26.3 Å². The van der Waals surface area contributed by atoms with Crippen molar-refractivity contribution in [1.82, 2.24) is 15.0 Å². The zero-order chi connectivity index (χ0) is 31.1. The van der Waals surface area contributed by atoms with Gasteiger partial charge in [0, 0.05) is 31.6 Å². The van der Waals surface area contributed by atoms with Crippen molar-refractivity contribution in [2.24, 2.45) is 0 Å². The van der Waals surface area contributed by atoms with Gasteiger partial charge in [0.05, 0.1) is 29.2 Å². The summed E-state index contributed by atoms with van der Waals surface area (Å²) in [6.07, 6.45) is -8.39. The zero-order valence-electron chi connectivity index (χ0n) is 22.2. The minimum atomic E-state index is -4.77. The molecule has 0 aliphatic carbocycles. The van der Waals surface area contributed by atoms with Gasteiger partial charge in [0.1, 0.15) is 35.5 Å². The Bertz CT molecular complexity index is 1420. The summed E-state index contributed by atoms with van der Waals surface area (Å²) in [6, 6.07) is 4.65. The molecule has 0 spiro atoms. The van der Waals surface area contributed by atoms with E-state index in [2.05, 4.69) is 10.3 Å². The number of alkyl halides is 3. The summed E-state index contributed by atoms with van der Waals surface area (Å²) >= 11 is 0.688. The summed E-state index contributed by atoms with van der Waals surface area (Å²) in [5.74, 6) is -4.66. The lowest BCUT2D eigenvalue weighted by atomic mass is 9.85. The fraction of sp³-hybridized carbons (Fsp3) is 0.481. The van der Waals surface area contributed by atoms with Gasteiger partial charge in [-0.1, -0.05) is 23.4 Å². The van der Waals surface area contributed by atoms with Crippen LogP contribution in [0.2, 0.25) is 0 Å². The fourth-order valence-electron chi connectivity index (χ4n) is 5.35. The van der Waals surface area contributed by atoms with Crippen molar-refractivity contribution in [3.05, 3.63) is 71.2 Å². The number of benzene rings is 2. The Labute approximate surface area is 245 Å². The molecule has 1 aromatic heterocycles. The summed E-state index contributed by atoms with van der Waals surface area (Å²) < 4.78 is 95.3. The Morgan fingerprint density at radius 2 is 1.70 bits per heavy atom. The SMILES string of the molecule is OC[C@H]1O[C@@H](S[C@@H](c2ccccc2C(F)(F)F)C2(O)CCOCC2)[C@H](O)[C@@H](n2cc(-c3cc(F)c(F)c(F)c3)nn2)[C@H]1O. The van der Waals surface area contributed by atoms with Gasteiger partial charge in [0.25, 0.3) is 0 Å². The van der Waals surface area contributed by atoms with Crippen molar-refractivity contribution >= 4 is 11.8 Å². The maximum absolute atomic E-state index is 14.1. The third-order valence-corrected chi connectivity index (χ3v) is 9.23. The number of thioether (sulfide) groups is 1. The van der Waals surface area contributed by atoms with E-state index in [9.17, 15) is 46.8 Å². The van der Waals surface area contributed by atoms with Crippen LogP contribution in [0.15, 0.2) is 42.6 Å². The Morgan fingerprint density at radius 1 is 1.05 bits per heavy atom. The molecule has 0 unspecified atom stereocenters. The molecule has 234 valence electrons. The lowest BCUT2D eigenvalue weighted by Crippen LogP contribution is -2.55. The number of ether oxygens (including phenoxy) is 2. The summed E-state index contributed by atoms with van der Waals surface area (Å²) in [6.45, 7) is -0.620. The van der Waals surface area contributed by atoms with E-state index in [1.165, 1.54) is 18.2 Å². The first-order valence-electron chi connectivity index (χ1n) is 13.1. The van der Waals surface area contributed by atoms with E-state index in [0.717, 1.165) is 16.9 Å². The van der Waals surface area contributed by atoms with Crippen molar-refractivity contribution in [1.29, 1.82) is 0 Å². The third kappa shape index (κ3) is 6.27. The highest BCUT2D eigenvalue weighted by molar-refractivity contribution is 8.00. The van der Waals surface area contributed by atoms with E-state index in [4.69, 9.17) is 9.47 Å². The van der Waals surface area contributed by atoms with Crippen LogP contribution in [0, 0.1) is 17.5 Å². The molecule has 3 aromatic rings. The number of aliphatic hydroxyl groups excluding tert-OH is 3. The van der Waals surface area contributed by atoms with Crippen LogP contribution >= 0.6 is 11.8 Å². The molecule has 2 saturated heterocycles. The van der Waals surface area contributed by atoms with Crippen LogP contribution in [-0.2, 0) is 15.7 Å². The van der Waals surface area contributed by atoms with E-state index >= 15 is 0 Å². The van der Waals surface area contributed by atoms with E-state index < -0.39 is 76.4 Å². The molecule has 0 bridgehead atoms. The molecule has 6 atom stereocenters. The van der Waals surface area contributed by atoms with E-state index in [-0.39, 0.29) is 42.9 Å². The molecule has 9 nitrogen and oxygen atoms in total. The quantitative estimate of drug-likeness (QED) is 0.228. The molecule has 0 amide bonds. The van der Waals surface area contributed by atoms with E-state index in [1.807, 2.05) is 0 Å². The number of rotatable bonds is 7. The van der Waals surface area contributed by atoms with Gasteiger partial charge >= 0.3 is 6.18 Å². The van der Waals surface area contributed by atoms with Crippen LogP contribution in [0.1, 0.15) is 35.3 Å². The molecule has 3 heterocycles. The normalized spacial score (nSPS) is 26.8. The zero-order valence-corrected chi connectivity index (χ0v) is 23.0. The first-order valence-corrected chi connectivity index (χ1v) is 14.1. The van der Waals surface area contributed by atoms with E-state index in [0.29, 0.717) is 23.9 Å². The number of hydrogen-bond donors (Lipinski definition) is 4. The topological polar surface area (TPSA) is 130 Å². The second-order valence-corrected chi connectivity index (χ2v) is 11.6. The maximum Gasteiger partial charge on any atom is 0.416 e.